The van der Waals surface area contributed by atoms with E-state index in [-0.39, 0.29) is 24.3 Å². The van der Waals surface area contributed by atoms with E-state index in [1.807, 2.05) is 54.6 Å². The molecule has 0 bridgehead atoms. The molecule has 37 heavy (non-hydrogen) atoms. The fraction of sp³-hybridized carbons (Fsp3) is 0.333. The monoisotopic (exact) mass is 600 g/mol. The van der Waals surface area contributed by atoms with Crippen LogP contribution < -0.4 is 5.32 Å². The van der Waals surface area contributed by atoms with Gasteiger partial charge in [0, 0.05) is 23.5 Å². The topological polar surface area (TPSA) is 49.4 Å². The Bertz CT molecular complexity index is 1200. The van der Waals surface area contributed by atoms with Crippen molar-refractivity contribution in [1.82, 2.24) is 10.2 Å². The third-order valence-electron chi connectivity index (χ3n) is 6.83. The van der Waals surface area contributed by atoms with E-state index in [2.05, 4.69) is 21.2 Å². The van der Waals surface area contributed by atoms with Gasteiger partial charge in [0.2, 0.25) is 11.8 Å². The molecule has 1 aliphatic carbocycles. The van der Waals surface area contributed by atoms with Gasteiger partial charge in [-0.3, -0.25) is 9.59 Å². The molecule has 0 aliphatic heterocycles. The third kappa shape index (κ3) is 8.07. The number of amides is 2. The van der Waals surface area contributed by atoms with Gasteiger partial charge < -0.3 is 10.2 Å². The van der Waals surface area contributed by atoms with E-state index in [0.29, 0.717) is 23.0 Å². The summed E-state index contributed by atoms with van der Waals surface area (Å²) in [5.74, 6) is -0.239. The zero-order valence-corrected chi connectivity index (χ0v) is 23.7. The second-order valence-electron chi connectivity index (χ2n) is 9.62. The highest BCUT2D eigenvalue weighted by molar-refractivity contribution is 9.10. The number of halogens is 3. The smallest absolute Gasteiger partial charge is 0.243 e. The normalized spacial score (nSPS) is 14.7. The van der Waals surface area contributed by atoms with Gasteiger partial charge in [0.15, 0.2) is 0 Å². The number of nitrogens with zero attached hydrogens (tertiary/aromatic N) is 1. The fourth-order valence-corrected chi connectivity index (χ4v) is 5.40. The van der Waals surface area contributed by atoms with Crippen molar-refractivity contribution in [3.63, 3.8) is 0 Å². The van der Waals surface area contributed by atoms with Gasteiger partial charge >= 0.3 is 0 Å². The van der Waals surface area contributed by atoms with Gasteiger partial charge in [-0.2, -0.15) is 0 Å². The van der Waals surface area contributed by atoms with E-state index in [4.69, 9.17) is 23.2 Å². The summed E-state index contributed by atoms with van der Waals surface area (Å²) >= 11 is 15.8. The number of benzene rings is 3. The van der Waals surface area contributed by atoms with Crippen molar-refractivity contribution in [1.29, 1.82) is 0 Å². The second-order valence-corrected chi connectivity index (χ2v) is 11.4. The Hall–Kier alpha value is -2.34. The van der Waals surface area contributed by atoms with Crippen molar-refractivity contribution in [3.05, 3.63) is 104 Å². The third-order valence-corrected chi connectivity index (χ3v) is 8.10. The predicted molar refractivity (Wildman–Crippen MR) is 154 cm³/mol. The van der Waals surface area contributed by atoms with Crippen LogP contribution in [0.25, 0.3) is 0 Å². The molecule has 0 aromatic heterocycles. The van der Waals surface area contributed by atoms with Crippen LogP contribution in [0.3, 0.4) is 0 Å². The molecule has 1 aliphatic rings. The van der Waals surface area contributed by atoms with Gasteiger partial charge in [-0.25, -0.2) is 0 Å². The molecule has 1 fully saturated rings. The maximum absolute atomic E-state index is 13.9. The van der Waals surface area contributed by atoms with Crippen LogP contribution in [0.15, 0.2) is 77.3 Å². The lowest BCUT2D eigenvalue weighted by molar-refractivity contribution is -0.141. The molecule has 0 saturated heterocycles. The van der Waals surface area contributed by atoms with Gasteiger partial charge in [-0.15, -0.1) is 0 Å². The Morgan fingerprint density at radius 3 is 2.22 bits per heavy atom. The largest absolute Gasteiger partial charge is 0.352 e. The molecule has 4 rings (SSSR count). The SMILES string of the molecule is O=C(NC1CCCCC1)C(Cc1ccccc1)N(Cc1ccc(Br)cc1)C(=O)Cc1ccc(Cl)c(Cl)c1. The highest BCUT2D eigenvalue weighted by Crippen LogP contribution is 2.25. The molecule has 2 amide bonds. The number of hydrogen-bond acceptors (Lipinski definition) is 2. The summed E-state index contributed by atoms with van der Waals surface area (Å²) in [6.07, 6.45) is 5.96. The first kappa shape index (κ1) is 27.7. The van der Waals surface area contributed by atoms with Crippen LogP contribution in [-0.4, -0.2) is 28.8 Å². The van der Waals surface area contributed by atoms with E-state index in [1.54, 1.807) is 23.1 Å². The Morgan fingerprint density at radius 2 is 1.54 bits per heavy atom. The summed E-state index contributed by atoms with van der Waals surface area (Å²) < 4.78 is 0.959. The molecule has 1 atom stereocenters. The zero-order valence-electron chi connectivity index (χ0n) is 20.6. The zero-order chi connectivity index (χ0) is 26.2. The number of hydrogen-bond donors (Lipinski definition) is 1. The Labute approximate surface area is 237 Å². The van der Waals surface area contributed by atoms with Gasteiger partial charge in [0.05, 0.1) is 16.5 Å². The van der Waals surface area contributed by atoms with Crippen LogP contribution >= 0.6 is 39.1 Å². The minimum Gasteiger partial charge on any atom is -0.352 e. The second kappa shape index (κ2) is 13.5. The molecule has 0 radical (unpaired) electrons. The maximum Gasteiger partial charge on any atom is 0.243 e. The summed E-state index contributed by atoms with van der Waals surface area (Å²) in [7, 11) is 0. The van der Waals surface area contributed by atoms with Crippen molar-refractivity contribution in [2.75, 3.05) is 0 Å². The molecule has 1 unspecified atom stereocenters. The quantitative estimate of drug-likeness (QED) is 0.278. The van der Waals surface area contributed by atoms with Gasteiger partial charge in [-0.1, -0.05) is 107 Å². The molecule has 1 N–H and O–H groups in total. The standard InChI is InChI=1S/C30H31BrCl2N2O2/c31-24-14-11-22(12-15-24)20-35(29(36)19-23-13-16-26(32)27(33)17-23)28(18-21-7-3-1-4-8-21)30(37)34-25-9-5-2-6-10-25/h1,3-4,7-8,11-17,25,28H,2,5-6,9-10,18-20H2,(H,34,37). The minimum absolute atomic E-state index is 0.102. The lowest BCUT2D eigenvalue weighted by Gasteiger charge is -2.33. The molecule has 7 heteroatoms. The first-order valence-electron chi connectivity index (χ1n) is 12.7. The van der Waals surface area contributed by atoms with Crippen molar-refractivity contribution in [3.8, 4) is 0 Å². The summed E-state index contributed by atoms with van der Waals surface area (Å²) in [6, 6.07) is 22.4. The van der Waals surface area contributed by atoms with Gasteiger partial charge in [-0.05, 0) is 53.8 Å². The predicted octanol–water partition coefficient (Wildman–Crippen LogP) is 7.39. The molecular formula is C30H31BrCl2N2O2. The van der Waals surface area contributed by atoms with Crippen LogP contribution in [-0.2, 0) is 29.0 Å². The highest BCUT2D eigenvalue weighted by Gasteiger charge is 2.32. The first-order chi connectivity index (χ1) is 17.9. The van der Waals surface area contributed by atoms with Crippen LogP contribution in [0.1, 0.15) is 48.8 Å². The van der Waals surface area contributed by atoms with Crippen molar-refractivity contribution < 1.29 is 9.59 Å². The molecule has 3 aromatic carbocycles. The summed E-state index contributed by atoms with van der Waals surface area (Å²) in [5, 5.41) is 4.12. The lowest BCUT2D eigenvalue weighted by Crippen LogP contribution is -2.53. The van der Waals surface area contributed by atoms with Crippen LogP contribution in [0.5, 0.6) is 0 Å². The van der Waals surface area contributed by atoms with Crippen LogP contribution in [0.4, 0.5) is 0 Å². The molecular weight excluding hydrogens is 571 g/mol. The average Bonchev–Trinajstić information content (AvgIpc) is 2.90. The van der Waals surface area contributed by atoms with E-state index in [9.17, 15) is 9.59 Å². The lowest BCUT2D eigenvalue weighted by atomic mass is 9.94. The van der Waals surface area contributed by atoms with Gasteiger partial charge in [0.25, 0.3) is 0 Å². The van der Waals surface area contributed by atoms with Crippen molar-refractivity contribution in [2.45, 2.75) is 63.6 Å². The van der Waals surface area contributed by atoms with E-state index >= 15 is 0 Å². The van der Waals surface area contributed by atoms with Crippen LogP contribution in [0.2, 0.25) is 10.0 Å². The van der Waals surface area contributed by atoms with Crippen LogP contribution in [0, 0.1) is 0 Å². The Balaban J connectivity index is 1.65. The summed E-state index contributed by atoms with van der Waals surface area (Å²) in [5.41, 5.74) is 2.72. The molecule has 1 saturated carbocycles. The molecule has 0 spiro atoms. The molecule has 0 heterocycles. The van der Waals surface area contributed by atoms with E-state index in [0.717, 1.165) is 46.8 Å². The molecule has 3 aromatic rings. The number of carbonyl (C=O) groups excluding carboxylic acids is 2. The summed E-state index contributed by atoms with van der Waals surface area (Å²) in [6.45, 7) is 0.322. The van der Waals surface area contributed by atoms with Crippen molar-refractivity contribution in [2.24, 2.45) is 0 Å². The first-order valence-corrected chi connectivity index (χ1v) is 14.3. The fourth-order valence-electron chi connectivity index (χ4n) is 4.81. The van der Waals surface area contributed by atoms with E-state index in [1.165, 1.54) is 6.42 Å². The van der Waals surface area contributed by atoms with Gasteiger partial charge in [0.1, 0.15) is 6.04 Å². The number of rotatable bonds is 9. The number of nitrogens with one attached hydrogen (secondary N) is 1. The minimum atomic E-state index is -0.650. The Morgan fingerprint density at radius 1 is 0.865 bits per heavy atom. The Kier molecular flexibility index (Phi) is 10.1. The van der Waals surface area contributed by atoms with Crippen molar-refractivity contribution >= 4 is 50.9 Å². The maximum atomic E-state index is 13.9. The van der Waals surface area contributed by atoms with E-state index < -0.39 is 6.04 Å². The highest BCUT2D eigenvalue weighted by atomic mass is 79.9. The molecule has 4 nitrogen and oxygen atoms in total. The molecule has 194 valence electrons. The number of carbonyl (C=O) groups is 2. The summed E-state index contributed by atoms with van der Waals surface area (Å²) in [4.78, 5) is 29.4. The average molecular weight is 602 g/mol.